The highest BCUT2D eigenvalue weighted by Crippen LogP contribution is 2.20. The fourth-order valence-corrected chi connectivity index (χ4v) is 2.44. The number of amides is 1. The van der Waals surface area contributed by atoms with Crippen molar-refractivity contribution in [3.63, 3.8) is 0 Å². The second-order valence-corrected chi connectivity index (χ2v) is 5.47. The lowest BCUT2D eigenvalue weighted by Crippen LogP contribution is -2.36. The van der Waals surface area contributed by atoms with Gasteiger partial charge in [-0.15, -0.1) is 0 Å². The Morgan fingerprint density at radius 2 is 1.91 bits per heavy atom. The van der Waals surface area contributed by atoms with Crippen LogP contribution < -0.4 is 10.1 Å². The number of hydrogen-bond donors (Lipinski definition) is 1. The summed E-state index contributed by atoms with van der Waals surface area (Å²) in [5.41, 5.74) is 2.00. The third-order valence-electron chi connectivity index (χ3n) is 3.61. The number of benzene rings is 2. The lowest BCUT2D eigenvalue weighted by molar-refractivity contribution is -0.114. The van der Waals surface area contributed by atoms with Crippen molar-refractivity contribution in [2.75, 3.05) is 11.9 Å². The number of hydrogen-bond acceptors (Lipinski definition) is 3. The maximum atomic E-state index is 11.1. The zero-order valence-corrected chi connectivity index (χ0v) is 14.0. The lowest BCUT2D eigenvalue weighted by Gasteiger charge is -2.28. The highest BCUT2D eigenvalue weighted by atomic mass is 16.5. The standard InChI is InChI=1S/C19H24N2O2/c1-4-21(14-17-9-6-5-7-10-17)16(3)23-19-12-8-11-18(13-19)20-15(2)22/h5-13,16H,4,14H2,1-3H3,(H,20,22). The molecule has 0 saturated heterocycles. The summed E-state index contributed by atoms with van der Waals surface area (Å²) in [6.45, 7) is 7.38. The molecule has 2 aromatic carbocycles. The van der Waals surface area contributed by atoms with Gasteiger partial charge < -0.3 is 10.1 Å². The summed E-state index contributed by atoms with van der Waals surface area (Å²) in [6.07, 6.45) is -0.0622. The van der Waals surface area contributed by atoms with Crippen LogP contribution in [0.5, 0.6) is 5.75 Å². The molecule has 2 rings (SSSR count). The van der Waals surface area contributed by atoms with Crippen LogP contribution in [0.4, 0.5) is 5.69 Å². The van der Waals surface area contributed by atoms with E-state index in [0.717, 1.165) is 24.5 Å². The molecule has 4 heteroatoms. The van der Waals surface area contributed by atoms with Crippen LogP contribution in [0, 0.1) is 0 Å². The summed E-state index contributed by atoms with van der Waals surface area (Å²) in [4.78, 5) is 13.4. The van der Waals surface area contributed by atoms with Crippen LogP contribution in [0.15, 0.2) is 54.6 Å². The molecule has 0 bridgehead atoms. The maximum Gasteiger partial charge on any atom is 0.221 e. The molecule has 23 heavy (non-hydrogen) atoms. The van der Waals surface area contributed by atoms with Gasteiger partial charge in [0.15, 0.2) is 0 Å². The first-order chi connectivity index (χ1) is 11.1. The van der Waals surface area contributed by atoms with Crippen molar-refractivity contribution in [2.45, 2.75) is 33.5 Å². The molecule has 0 spiro atoms. The molecule has 0 aromatic heterocycles. The van der Waals surface area contributed by atoms with E-state index in [1.165, 1.54) is 12.5 Å². The minimum Gasteiger partial charge on any atom is -0.475 e. The summed E-state index contributed by atoms with van der Waals surface area (Å²) in [5.74, 6) is 0.657. The number of carbonyl (C=O) groups excluding carboxylic acids is 1. The molecule has 0 aliphatic carbocycles. The molecule has 2 aromatic rings. The van der Waals surface area contributed by atoms with E-state index in [1.54, 1.807) is 0 Å². The summed E-state index contributed by atoms with van der Waals surface area (Å²) >= 11 is 0. The summed E-state index contributed by atoms with van der Waals surface area (Å²) in [7, 11) is 0. The van der Waals surface area contributed by atoms with Crippen LogP contribution >= 0.6 is 0 Å². The Labute approximate surface area is 138 Å². The van der Waals surface area contributed by atoms with Crippen LogP contribution in [0.3, 0.4) is 0 Å². The molecule has 0 radical (unpaired) electrons. The van der Waals surface area contributed by atoms with Crippen LogP contribution in [0.2, 0.25) is 0 Å². The van der Waals surface area contributed by atoms with Crippen molar-refractivity contribution in [3.8, 4) is 5.75 Å². The van der Waals surface area contributed by atoms with E-state index >= 15 is 0 Å². The van der Waals surface area contributed by atoms with Crippen LogP contribution in [0.1, 0.15) is 26.3 Å². The van der Waals surface area contributed by atoms with E-state index in [2.05, 4.69) is 29.3 Å². The fourth-order valence-electron chi connectivity index (χ4n) is 2.44. The van der Waals surface area contributed by atoms with Gasteiger partial charge in [-0.2, -0.15) is 0 Å². The number of ether oxygens (including phenoxy) is 1. The number of carbonyl (C=O) groups is 1. The van der Waals surface area contributed by atoms with Gasteiger partial charge >= 0.3 is 0 Å². The van der Waals surface area contributed by atoms with E-state index in [0.29, 0.717) is 0 Å². The van der Waals surface area contributed by atoms with Gasteiger partial charge in [0, 0.05) is 25.2 Å². The first-order valence-corrected chi connectivity index (χ1v) is 7.90. The molecular formula is C19H24N2O2. The molecule has 122 valence electrons. The Balaban J connectivity index is 2.01. The van der Waals surface area contributed by atoms with Crippen LogP contribution in [0.25, 0.3) is 0 Å². The summed E-state index contributed by atoms with van der Waals surface area (Å²) in [5, 5.41) is 2.77. The molecule has 1 atom stereocenters. The van der Waals surface area contributed by atoms with Crippen LogP contribution in [-0.2, 0) is 11.3 Å². The van der Waals surface area contributed by atoms with Gasteiger partial charge in [0.1, 0.15) is 12.0 Å². The predicted octanol–water partition coefficient (Wildman–Crippen LogP) is 3.89. The highest BCUT2D eigenvalue weighted by molar-refractivity contribution is 5.88. The first kappa shape index (κ1) is 17.0. The SMILES string of the molecule is CCN(Cc1ccccc1)C(C)Oc1cccc(NC(C)=O)c1. The van der Waals surface area contributed by atoms with Crippen molar-refractivity contribution in [1.29, 1.82) is 0 Å². The number of anilines is 1. The Kier molecular flexibility index (Phi) is 6.18. The Bertz CT molecular complexity index is 628. The van der Waals surface area contributed by atoms with Crippen molar-refractivity contribution in [1.82, 2.24) is 4.90 Å². The summed E-state index contributed by atoms with van der Waals surface area (Å²) in [6, 6.07) is 17.8. The molecule has 0 aliphatic heterocycles. The van der Waals surface area contributed by atoms with Gasteiger partial charge in [0.2, 0.25) is 5.91 Å². The normalized spacial score (nSPS) is 12.0. The largest absolute Gasteiger partial charge is 0.475 e. The third-order valence-corrected chi connectivity index (χ3v) is 3.61. The minimum atomic E-state index is -0.0885. The predicted molar refractivity (Wildman–Crippen MR) is 93.4 cm³/mol. The summed E-state index contributed by atoms with van der Waals surface area (Å²) < 4.78 is 6.04. The zero-order chi connectivity index (χ0) is 16.7. The number of rotatable bonds is 7. The van der Waals surface area contributed by atoms with Crippen molar-refractivity contribution in [3.05, 3.63) is 60.2 Å². The smallest absolute Gasteiger partial charge is 0.221 e. The lowest BCUT2D eigenvalue weighted by atomic mass is 10.2. The Morgan fingerprint density at radius 3 is 2.57 bits per heavy atom. The zero-order valence-electron chi connectivity index (χ0n) is 14.0. The first-order valence-electron chi connectivity index (χ1n) is 7.90. The van der Waals surface area contributed by atoms with Crippen molar-refractivity contribution in [2.24, 2.45) is 0 Å². The van der Waals surface area contributed by atoms with E-state index in [-0.39, 0.29) is 12.1 Å². The fraction of sp³-hybridized carbons (Fsp3) is 0.316. The molecule has 0 aliphatic rings. The molecule has 0 saturated carbocycles. The van der Waals surface area contributed by atoms with Crippen molar-refractivity contribution >= 4 is 11.6 Å². The van der Waals surface area contributed by atoms with Gasteiger partial charge in [-0.3, -0.25) is 9.69 Å². The van der Waals surface area contributed by atoms with Gasteiger partial charge in [0.05, 0.1) is 0 Å². The minimum absolute atomic E-state index is 0.0622. The van der Waals surface area contributed by atoms with E-state index in [4.69, 9.17) is 4.74 Å². The monoisotopic (exact) mass is 312 g/mol. The van der Waals surface area contributed by atoms with Crippen LogP contribution in [-0.4, -0.2) is 23.6 Å². The number of nitrogens with one attached hydrogen (secondary N) is 1. The highest BCUT2D eigenvalue weighted by Gasteiger charge is 2.14. The quantitative estimate of drug-likeness (QED) is 0.789. The molecule has 1 unspecified atom stereocenters. The van der Waals surface area contributed by atoms with Crippen molar-refractivity contribution < 1.29 is 9.53 Å². The Hall–Kier alpha value is -2.33. The van der Waals surface area contributed by atoms with Gasteiger partial charge in [-0.25, -0.2) is 0 Å². The molecule has 0 fully saturated rings. The second-order valence-electron chi connectivity index (χ2n) is 5.47. The topological polar surface area (TPSA) is 41.6 Å². The van der Waals surface area contributed by atoms with Gasteiger partial charge in [0.25, 0.3) is 0 Å². The molecule has 1 amide bonds. The van der Waals surface area contributed by atoms with E-state index < -0.39 is 0 Å². The molecular weight excluding hydrogens is 288 g/mol. The Morgan fingerprint density at radius 1 is 1.17 bits per heavy atom. The average Bonchev–Trinajstić information content (AvgIpc) is 2.53. The van der Waals surface area contributed by atoms with Gasteiger partial charge in [-0.05, 0) is 31.2 Å². The third kappa shape index (κ3) is 5.42. The number of nitrogens with zero attached hydrogens (tertiary/aromatic N) is 1. The van der Waals surface area contributed by atoms with E-state index in [9.17, 15) is 4.79 Å². The van der Waals surface area contributed by atoms with E-state index in [1.807, 2.05) is 49.4 Å². The average molecular weight is 312 g/mol. The molecule has 1 N–H and O–H groups in total. The van der Waals surface area contributed by atoms with Gasteiger partial charge in [-0.1, -0.05) is 43.3 Å². The molecule has 4 nitrogen and oxygen atoms in total. The maximum absolute atomic E-state index is 11.1. The molecule has 0 heterocycles. The second kappa shape index (κ2) is 8.34.